The van der Waals surface area contributed by atoms with E-state index in [-0.39, 0.29) is 10.6 Å². The molecule has 90 valence electrons. The molecule has 0 aliphatic rings. The number of nitro groups is 1. The van der Waals surface area contributed by atoms with Crippen LogP contribution in [-0.4, -0.2) is 13.0 Å². The summed E-state index contributed by atoms with van der Waals surface area (Å²) in [4.78, 5) is 10.2. The van der Waals surface area contributed by atoms with Crippen LogP contribution >= 0.6 is 0 Å². The molecule has 0 spiro atoms. The number of hydrogen-bond donors (Lipinski definition) is 0. The Balaban J connectivity index is 3.10. The second-order valence-electron chi connectivity index (χ2n) is 4.97. The molecule has 1 aromatic rings. The standard InChI is InChI=1S/C13H17NO2Si/c1-5-11(10-17(2,3)4)12-6-8-13(9-7-12)14(15)16/h5-10H,1H2,2-4H3/b11-10+. The number of benzene rings is 1. The summed E-state index contributed by atoms with van der Waals surface area (Å²) < 4.78 is 0. The number of hydrogen-bond acceptors (Lipinski definition) is 2. The van der Waals surface area contributed by atoms with Gasteiger partial charge in [0.2, 0.25) is 0 Å². The van der Waals surface area contributed by atoms with Crippen LogP contribution in [0.25, 0.3) is 5.57 Å². The Morgan fingerprint density at radius 1 is 1.29 bits per heavy atom. The topological polar surface area (TPSA) is 43.1 Å². The largest absolute Gasteiger partial charge is 0.269 e. The van der Waals surface area contributed by atoms with Gasteiger partial charge in [-0.3, -0.25) is 10.1 Å². The lowest BCUT2D eigenvalue weighted by atomic mass is 10.1. The fraction of sp³-hybridized carbons (Fsp3) is 0.231. The van der Waals surface area contributed by atoms with E-state index in [4.69, 9.17) is 0 Å². The molecule has 1 aromatic carbocycles. The van der Waals surface area contributed by atoms with Crippen molar-refractivity contribution in [3.63, 3.8) is 0 Å². The maximum Gasteiger partial charge on any atom is 0.269 e. The molecule has 0 fully saturated rings. The van der Waals surface area contributed by atoms with Crippen LogP contribution in [-0.2, 0) is 0 Å². The highest BCUT2D eigenvalue weighted by molar-refractivity contribution is 6.81. The highest BCUT2D eigenvalue weighted by atomic mass is 28.3. The van der Waals surface area contributed by atoms with Gasteiger partial charge < -0.3 is 0 Å². The molecule has 4 heteroatoms. The van der Waals surface area contributed by atoms with E-state index >= 15 is 0 Å². The Bertz CT molecular complexity index is 455. The highest BCUT2D eigenvalue weighted by Crippen LogP contribution is 2.21. The monoisotopic (exact) mass is 247 g/mol. The van der Waals surface area contributed by atoms with Gasteiger partial charge in [-0.2, -0.15) is 0 Å². The normalized spacial score (nSPS) is 12.3. The van der Waals surface area contributed by atoms with E-state index < -0.39 is 8.07 Å². The Hall–Kier alpha value is -1.68. The maximum absolute atomic E-state index is 10.6. The van der Waals surface area contributed by atoms with Crippen molar-refractivity contribution in [1.82, 2.24) is 0 Å². The molecule has 1 rings (SSSR count). The lowest BCUT2D eigenvalue weighted by Crippen LogP contribution is -2.16. The number of rotatable bonds is 4. The summed E-state index contributed by atoms with van der Waals surface area (Å²) in [6, 6.07) is 6.59. The average molecular weight is 247 g/mol. The van der Waals surface area contributed by atoms with E-state index in [9.17, 15) is 10.1 Å². The average Bonchev–Trinajstić information content (AvgIpc) is 2.25. The Morgan fingerprint density at radius 2 is 1.82 bits per heavy atom. The van der Waals surface area contributed by atoms with Crippen molar-refractivity contribution >= 4 is 19.3 Å². The summed E-state index contributed by atoms with van der Waals surface area (Å²) in [7, 11) is -1.33. The van der Waals surface area contributed by atoms with Crippen LogP contribution in [0.5, 0.6) is 0 Å². The molecule has 0 saturated carbocycles. The van der Waals surface area contributed by atoms with Crippen LogP contribution in [0.3, 0.4) is 0 Å². The zero-order valence-corrected chi connectivity index (χ0v) is 11.4. The first-order valence-corrected chi connectivity index (χ1v) is 9.01. The smallest absolute Gasteiger partial charge is 0.258 e. The molecule has 0 bridgehead atoms. The molecular formula is C13H17NO2Si. The van der Waals surface area contributed by atoms with Gasteiger partial charge in [-0.25, -0.2) is 0 Å². The van der Waals surface area contributed by atoms with Crippen LogP contribution in [0.4, 0.5) is 5.69 Å². The van der Waals surface area contributed by atoms with Crippen LogP contribution in [0, 0.1) is 10.1 Å². The van der Waals surface area contributed by atoms with Crippen LogP contribution in [0.2, 0.25) is 19.6 Å². The summed E-state index contributed by atoms with van der Waals surface area (Å²) in [5.41, 5.74) is 4.39. The molecule has 0 heterocycles. The molecule has 0 amide bonds. The van der Waals surface area contributed by atoms with Crippen molar-refractivity contribution in [2.24, 2.45) is 0 Å². The quantitative estimate of drug-likeness (QED) is 0.349. The van der Waals surface area contributed by atoms with Gasteiger partial charge in [0.05, 0.1) is 13.0 Å². The van der Waals surface area contributed by atoms with Gasteiger partial charge in [-0.15, -0.1) is 0 Å². The molecule has 3 nitrogen and oxygen atoms in total. The molecule has 0 unspecified atom stereocenters. The first-order valence-electron chi connectivity index (χ1n) is 5.43. The minimum absolute atomic E-state index is 0.116. The van der Waals surface area contributed by atoms with Gasteiger partial charge in [-0.1, -0.05) is 38.0 Å². The van der Waals surface area contributed by atoms with Gasteiger partial charge >= 0.3 is 0 Å². The van der Waals surface area contributed by atoms with E-state index in [1.807, 2.05) is 0 Å². The minimum Gasteiger partial charge on any atom is -0.258 e. The predicted octanol–water partition coefficient (Wildman–Crippen LogP) is 4.04. The van der Waals surface area contributed by atoms with E-state index in [2.05, 4.69) is 31.9 Å². The Kier molecular flexibility index (Phi) is 4.01. The van der Waals surface area contributed by atoms with Crippen molar-refractivity contribution in [3.05, 3.63) is 58.3 Å². The molecule has 0 aliphatic carbocycles. The Labute approximate surface area is 103 Å². The fourth-order valence-corrected chi connectivity index (χ4v) is 2.72. The molecule has 0 radical (unpaired) electrons. The molecule has 0 aliphatic heterocycles. The van der Waals surface area contributed by atoms with Gasteiger partial charge in [-0.05, 0) is 23.3 Å². The summed E-state index contributed by atoms with van der Waals surface area (Å²) in [5.74, 6) is 0. The second-order valence-corrected chi connectivity index (χ2v) is 9.99. The summed E-state index contributed by atoms with van der Waals surface area (Å²) in [5, 5.41) is 10.6. The molecule has 0 atom stereocenters. The third-order valence-electron chi connectivity index (χ3n) is 2.22. The lowest BCUT2D eigenvalue weighted by Gasteiger charge is -2.12. The summed E-state index contributed by atoms with van der Waals surface area (Å²) in [6.45, 7) is 10.5. The van der Waals surface area contributed by atoms with Crippen LogP contribution in [0.1, 0.15) is 5.56 Å². The van der Waals surface area contributed by atoms with Gasteiger partial charge in [0, 0.05) is 12.1 Å². The number of allylic oxidation sites excluding steroid dienone is 2. The van der Waals surface area contributed by atoms with E-state index in [1.165, 1.54) is 12.1 Å². The predicted molar refractivity (Wildman–Crippen MR) is 74.6 cm³/mol. The molecule has 0 saturated heterocycles. The minimum atomic E-state index is -1.33. The van der Waals surface area contributed by atoms with Crippen LogP contribution < -0.4 is 0 Å². The second kappa shape index (κ2) is 5.10. The first kappa shape index (κ1) is 13.4. The molecule has 0 aromatic heterocycles. The first-order chi connectivity index (χ1) is 7.83. The van der Waals surface area contributed by atoms with Crippen molar-refractivity contribution < 1.29 is 4.92 Å². The lowest BCUT2D eigenvalue weighted by molar-refractivity contribution is -0.384. The zero-order valence-electron chi connectivity index (χ0n) is 10.4. The van der Waals surface area contributed by atoms with Gasteiger partial charge in [0.15, 0.2) is 0 Å². The zero-order chi connectivity index (χ0) is 13.1. The van der Waals surface area contributed by atoms with Gasteiger partial charge in [0.25, 0.3) is 5.69 Å². The van der Waals surface area contributed by atoms with Crippen molar-refractivity contribution in [2.45, 2.75) is 19.6 Å². The number of nitrogens with zero attached hydrogens (tertiary/aromatic N) is 1. The third-order valence-corrected chi connectivity index (χ3v) is 3.40. The van der Waals surface area contributed by atoms with Gasteiger partial charge in [0.1, 0.15) is 0 Å². The van der Waals surface area contributed by atoms with E-state index in [0.717, 1.165) is 11.1 Å². The highest BCUT2D eigenvalue weighted by Gasteiger charge is 2.11. The Morgan fingerprint density at radius 3 is 2.18 bits per heavy atom. The van der Waals surface area contributed by atoms with Crippen molar-refractivity contribution in [1.29, 1.82) is 0 Å². The maximum atomic E-state index is 10.6. The van der Waals surface area contributed by atoms with Crippen LogP contribution in [0.15, 0.2) is 42.6 Å². The number of nitro benzene ring substituents is 1. The van der Waals surface area contributed by atoms with Crippen molar-refractivity contribution in [2.75, 3.05) is 0 Å². The van der Waals surface area contributed by atoms with E-state index in [0.29, 0.717) is 0 Å². The molecule has 0 N–H and O–H groups in total. The molecule has 17 heavy (non-hydrogen) atoms. The third kappa shape index (κ3) is 3.99. The SMILES string of the molecule is C=C/C(=C\[Si](C)(C)C)c1ccc([N+](=O)[O-])cc1. The molecular weight excluding hydrogens is 230 g/mol. The number of non-ortho nitro benzene ring substituents is 1. The van der Waals surface area contributed by atoms with Crippen molar-refractivity contribution in [3.8, 4) is 0 Å². The van der Waals surface area contributed by atoms with E-state index in [1.54, 1.807) is 18.2 Å². The summed E-state index contributed by atoms with van der Waals surface area (Å²) in [6.07, 6.45) is 1.80. The summed E-state index contributed by atoms with van der Waals surface area (Å²) >= 11 is 0. The fourth-order valence-electron chi connectivity index (χ4n) is 1.50.